The van der Waals surface area contributed by atoms with E-state index in [1.165, 1.54) is 0 Å². The van der Waals surface area contributed by atoms with Crippen molar-refractivity contribution in [2.45, 2.75) is 113 Å². The van der Waals surface area contributed by atoms with Crippen molar-refractivity contribution in [3.63, 3.8) is 0 Å². The summed E-state index contributed by atoms with van der Waals surface area (Å²) >= 11 is 0. The van der Waals surface area contributed by atoms with Gasteiger partial charge in [-0.3, -0.25) is 0 Å². The van der Waals surface area contributed by atoms with Crippen molar-refractivity contribution >= 4 is 11.4 Å². The molecule has 3 unspecified atom stereocenters. The van der Waals surface area contributed by atoms with E-state index < -0.39 is 6.29 Å². The first kappa shape index (κ1) is 32.2. The zero-order valence-electron chi connectivity index (χ0n) is 26.2. The second-order valence-corrected chi connectivity index (χ2v) is 14.0. The Morgan fingerprint density at radius 1 is 0.775 bits per heavy atom. The Labute approximate surface area is 242 Å². The summed E-state index contributed by atoms with van der Waals surface area (Å²) in [5.74, 6) is 0.129. The molecule has 1 saturated heterocycles. The van der Waals surface area contributed by atoms with Gasteiger partial charge >= 0.3 is 0 Å². The Bertz CT molecular complexity index is 1120. The number of benzene rings is 2. The molecular weight excluding hydrogens is 500 g/mol. The Hall–Kier alpha value is -2.28. The fraction of sp³-hybridized carbons (Fsp3) is 0.647. The van der Waals surface area contributed by atoms with Crippen molar-refractivity contribution in [3.05, 3.63) is 54.1 Å². The number of aliphatic hydroxyl groups excluding tert-OH is 1. The number of hydrogen-bond acceptors (Lipinski definition) is 6. The van der Waals surface area contributed by atoms with Crippen LogP contribution in [0.15, 0.2) is 58.8 Å². The molecule has 1 aliphatic rings. The Balaban J connectivity index is 1.83. The number of nitrogens with zero attached hydrogens (tertiary/aromatic N) is 2. The van der Waals surface area contributed by atoms with E-state index in [1.54, 1.807) is 12.1 Å². The molecule has 3 rings (SSSR count). The van der Waals surface area contributed by atoms with E-state index in [9.17, 15) is 10.2 Å². The number of phenolic OH excluding ortho intramolecular Hbond substituents is 1. The predicted octanol–water partition coefficient (Wildman–Crippen LogP) is 9.66. The first-order chi connectivity index (χ1) is 18.6. The van der Waals surface area contributed by atoms with Crippen LogP contribution in [0.4, 0.5) is 11.4 Å². The van der Waals surface area contributed by atoms with Gasteiger partial charge in [-0.15, -0.1) is 0 Å². The van der Waals surface area contributed by atoms with Crippen molar-refractivity contribution in [3.8, 4) is 5.75 Å². The van der Waals surface area contributed by atoms with Gasteiger partial charge in [-0.1, -0.05) is 80.5 Å². The highest BCUT2D eigenvalue weighted by Gasteiger charge is 2.49. The Kier molecular flexibility index (Phi) is 10.2. The van der Waals surface area contributed by atoms with Crippen molar-refractivity contribution in [1.29, 1.82) is 0 Å². The van der Waals surface area contributed by atoms with E-state index in [4.69, 9.17) is 9.47 Å². The van der Waals surface area contributed by atoms with Crippen LogP contribution in [0.3, 0.4) is 0 Å². The van der Waals surface area contributed by atoms with Gasteiger partial charge in [0.2, 0.25) is 0 Å². The average Bonchev–Trinajstić information content (AvgIpc) is 2.91. The molecule has 222 valence electrons. The molecule has 0 aromatic heterocycles. The number of hydrogen-bond donors (Lipinski definition) is 2. The number of phenols is 1. The van der Waals surface area contributed by atoms with Crippen molar-refractivity contribution < 1.29 is 19.7 Å². The van der Waals surface area contributed by atoms with Crippen LogP contribution in [-0.2, 0) is 9.47 Å². The smallest absolute Gasteiger partial charge is 0.188 e. The minimum absolute atomic E-state index is 0.0211. The molecule has 3 atom stereocenters. The summed E-state index contributed by atoms with van der Waals surface area (Å²) in [5, 5.41) is 29.2. The third-order valence-electron chi connectivity index (χ3n) is 10.3. The quantitative estimate of drug-likeness (QED) is 0.257. The summed E-state index contributed by atoms with van der Waals surface area (Å²) in [6.07, 6.45) is 3.81. The highest BCUT2D eigenvalue weighted by molar-refractivity contribution is 5.48. The molecule has 0 amide bonds. The number of ether oxygens (including phenoxy) is 2. The lowest BCUT2D eigenvalue weighted by Gasteiger charge is -2.52. The first-order valence-corrected chi connectivity index (χ1v) is 14.8. The van der Waals surface area contributed by atoms with Gasteiger partial charge in [-0.2, -0.15) is 10.2 Å². The molecule has 6 nitrogen and oxygen atoms in total. The molecule has 0 aliphatic carbocycles. The lowest BCUT2D eigenvalue weighted by atomic mass is 9.57. The van der Waals surface area contributed by atoms with Gasteiger partial charge in [0.1, 0.15) is 5.75 Å². The predicted molar refractivity (Wildman–Crippen MR) is 162 cm³/mol. The Morgan fingerprint density at radius 2 is 1.38 bits per heavy atom. The van der Waals surface area contributed by atoms with E-state index in [-0.39, 0.29) is 46.2 Å². The summed E-state index contributed by atoms with van der Waals surface area (Å²) in [4.78, 5) is 0. The van der Waals surface area contributed by atoms with Gasteiger partial charge in [0.15, 0.2) is 6.29 Å². The fourth-order valence-electron chi connectivity index (χ4n) is 5.32. The summed E-state index contributed by atoms with van der Waals surface area (Å²) in [6.45, 7) is 20.8. The van der Waals surface area contributed by atoms with Crippen molar-refractivity contribution in [2.75, 3.05) is 6.61 Å². The highest BCUT2D eigenvalue weighted by atomic mass is 16.7. The summed E-state index contributed by atoms with van der Waals surface area (Å²) in [7, 11) is 0. The summed E-state index contributed by atoms with van der Waals surface area (Å²) in [5.41, 5.74) is 1.89. The summed E-state index contributed by atoms with van der Waals surface area (Å²) < 4.78 is 13.1. The molecule has 0 spiro atoms. The van der Waals surface area contributed by atoms with Crippen LogP contribution in [-0.4, -0.2) is 29.0 Å². The lowest BCUT2D eigenvalue weighted by molar-refractivity contribution is -0.280. The standard InChI is InChI=1S/C34H52N2O4/c1-10-26-23-29(34(8,9)33(6,7)19-18-31(2,3)32(4,5)20-21-37)40-30(39-26)27-22-25(16-17-28(27)38)36-35-24-14-12-11-13-15-24/h11-17,22,26,29-30,37-38H,10,18-21,23H2,1-9H3/b36-35+. The Morgan fingerprint density at radius 3 is 2.00 bits per heavy atom. The third kappa shape index (κ3) is 7.32. The van der Waals surface area contributed by atoms with Gasteiger partial charge < -0.3 is 19.7 Å². The van der Waals surface area contributed by atoms with E-state index in [0.29, 0.717) is 11.3 Å². The maximum atomic E-state index is 10.8. The van der Waals surface area contributed by atoms with Crippen LogP contribution in [0, 0.1) is 21.7 Å². The second-order valence-electron chi connectivity index (χ2n) is 14.0. The lowest BCUT2D eigenvalue weighted by Crippen LogP contribution is -2.49. The van der Waals surface area contributed by atoms with E-state index in [1.807, 2.05) is 36.4 Å². The fourth-order valence-corrected chi connectivity index (χ4v) is 5.32. The molecule has 1 heterocycles. The van der Waals surface area contributed by atoms with Crippen LogP contribution in [0.25, 0.3) is 0 Å². The molecular formula is C34H52N2O4. The highest BCUT2D eigenvalue weighted by Crippen LogP contribution is 2.54. The zero-order chi connectivity index (χ0) is 29.8. The molecule has 1 aliphatic heterocycles. The number of aliphatic hydroxyl groups is 1. The maximum absolute atomic E-state index is 10.8. The average molecular weight is 553 g/mol. The molecule has 0 radical (unpaired) electrons. The normalized spacial score (nSPS) is 21.2. The van der Waals surface area contributed by atoms with Gasteiger partial charge in [0.25, 0.3) is 0 Å². The first-order valence-electron chi connectivity index (χ1n) is 14.8. The van der Waals surface area contributed by atoms with Crippen LogP contribution >= 0.6 is 0 Å². The molecule has 2 N–H and O–H groups in total. The van der Waals surface area contributed by atoms with Crippen LogP contribution < -0.4 is 0 Å². The van der Waals surface area contributed by atoms with E-state index >= 15 is 0 Å². The third-order valence-corrected chi connectivity index (χ3v) is 10.3. The molecule has 1 fully saturated rings. The minimum Gasteiger partial charge on any atom is -0.507 e. The van der Waals surface area contributed by atoms with Gasteiger partial charge in [-0.25, -0.2) is 0 Å². The van der Waals surface area contributed by atoms with Crippen molar-refractivity contribution in [2.24, 2.45) is 31.9 Å². The largest absolute Gasteiger partial charge is 0.507 e. The molecule has 2 aromatic rings. The van der Waals surface area contributed by atoms with E-state index in [0.717, 1.165) is 37.8 Å². The number of azo groups is 1. The summed E-state index contributed by atoms with van der Waals surface area (Å²) in [6, 6.07) is 14.8. The van der Waals surface area contributed by atoms with Gasteiger partial charge in [0, 0.05) is 13.0 Å². The maximum Gasteiger partial charge on any atom is 0.188 e. The van der Waals surface area contributed by atoms with E-state index in [2.05, 4.69) is 72.5 Å². The molecule has 40 heavy (non-hydrogen) atoms. The molecule has 0 saturated carbocycles. The monoisotopic (exact) mass is 552 g/mol. The van der Waals surface area contributed by atoms with Crippen molar-refractivity contribution in [1.82, 2.24) is 0 Å². The molecule has 0 bridgehead atoms. The molecule has 2 aromatic carbocycles. The number of aromatic hydroxyl groups is 1. The topological polar surface area (TPSA) is 83.6 Å². The zero-order valence-corrected chi connectivity index (χ0v) is 26.2. The van der Waals surface area contributed by atoms with Crippen LogP contribution in [0.5, 0.6) is 5.75 Å². The van der Waals surface area contributed by atoms with Gasteiger partial charge in [0.05, 0.1) is 29.1 Å². The minimum atomic E-state index is -0.689. The van der Waals surface area contributed by atoms with Gasteiger partial charge in [-0.05, 0) is 77.7 Å². The SMILES string of the molecule is CCC1CC(C(C)(C)C(C)(C)CCC(C)(C)C(C)(C)CCO)OC(c2cc(/N=N/c3ccccc3)ccc2O)O1. The van der Waals surface area contributed by atoms with Crippen LogP contribution in [0.1, 0.15) is 106 Å². The molecule has 6 heteroatoms. The second kappa shape index (κ2) is 12.7. The van der Waals surface area contributed by atoms with Crippen LogP contribution in [0.2, 0.25) is 0 Å². The number of rotatable bonds is 12.